The molecule has 0 aliphatic heterocycles. The molecule has 0 saturated heterocycles. The quantitative estimate of drug-likeness (QED) is 0.153. The van der Waals surface area contributed by atoms with Crippen LogP contribution in [-0.4, -0.2) is 36.2 Å². The molecule has 228 valence electrons. The van der Waals surface area contributed by atoms with E-state index in [-0.39, 0.29) is 23.8 Å². The Labute approximate surface area is 256 Å². The van der Waals surface area contributed by atoms with Crippen molar-refractivity contribution in [1.29, 1.82) is 0 Å². The van der Waals surface area contributed by atoms with Crippen molar-refractivity contribution >= 4 is 29.4 Å². The summed E-state index contributed by atoms with van der Waals surface area (Å²) >= 11 is 0. The molecule has 2 N–H and O–H groups in total. The third kappa shape index (κ3) is 6.44. The molecule has 4 aliphatic rings. The number of hydrazone groups is 1. The Balaban J connectivity index is 1.03. The molecule has 0 spiro atoms. The van der Waals surface area contributed by atoms with Gasteiger partial charge in [-0.1, -0.05) is 18.2 Å². The summed E-state index contributed by atoms with van der Waals surface area (Å²) in [6, 6.07) is 18.8. The Morgan fingerprint density at radius 3 is 2.32 bits per heavy atom. The van der Waals surface area contributed by atoms with Gasteiger partial charge >= 0.3 is 0 Å². The summed E-state index contributed by atoms with van der Waals surface area (Å²) in [5.74, 6) is 2.62. The number of carbonyl (C=O) groups is 2. The Morgan fingerprint density at radius 1 is 0.955 bits per heavy atom. The monoisotopic (exact) mass is 596 g/mol. The molecule has 4 bridgehead atoms. The van der Waals surface area contributed by atoms with Crippen LogP contribution in [-0.2, 0) is 10.2 Å². The van der Waals surface area contributed by atoms with Crippen molar-refractivity contribution in [1.82, 2.24) is 5.43 Å². The first-order valence-corrected chi connectivity index (χ1v) is 15.2. The van der Waals surface area contributed by atoms with Gasteiger partial charge in [0.25, 0.3) is 17.5 Å². The van der Waals surface area contributed by atoms with E-state index in [4.69, 9.17) is 9.47 Å². The summed E-state index contributed by atoms with van der Waals surface area (Å²) in [4.78, 5) is 35.4. The highest BCUT2D eigenvalue weighted by atomic mass is 16.6. The number of amides is 2. The minimum atomic E-state index is -0.580. The van der Waals surface area contributed by atoms with Gasteiger partial charge in [0.05, 0.1) is 17.7 Å². The van der Waals surface area contributed by atoms with Crippen LogP contribution in [0.5, 0.6) is 11.5 Å². The van der Waals surface area contributed by atoms with E-state index in [0.29, 0.717) is 29.1 Å². The van der Waals surface area contributed by atoms with Gasteiger partial charge in [-0.05, 0) is 116 Å². The average molecular weight is 597 g/mol. The first-order valence-electron chi connectivity index (χ1n) is 15.2. The van der Waals surface area contributed by atoms with Crippen LogP contribution in [0.2, 0.25) is 0 Å². The fraction of sp³-hybridized carbons (Fsp3) is 0.382. The van der Waals surface area contributed by atoms with E-state index >= 15 is 0 Å². The van der Waals surface area contributed by atoms with Crippen LogP contribution in [0.1, 0.15) is 66.9 Å². The molecule has 2 amide bonds. The van der Waals surface area contributed by atoms with Crippen LogP contribution in [0, 0.1) is 27.9 Å². The normalized spacial score (nSPS) is 23.3. The van der Waals surface area contributed by atoms with Crippen LogP contribution in [0.4, 0.5) is 11.4 Å². The van der Waals surface area contributed by atoms with Gasteiger partial charge in [-0.25, -0.2) is 5.43 Å². The van der Waals surface area contributed by atoms with E-state index < -0.39 is 10.8 Å². The highest BCUT2D eigenvalue weighted by molar-refractivity contribution is 5.95. The van der Waals surface area contributed by atoms with Gasteiger partial charge in [0.15, 0.2) is 18.1 Å². The molecule has 3 aromatic rings. The molecule has 10 nitrogen and oxygen atoms in total. The number of nitro benzene ring substituents is 1. The van der Waals surface area contributed by atoms with Gasteiger partial charge in [0.1, 0.15) is 0 Å². The standard InChI is InChI=1S/C34H36N4O6/c1-2-43-31-15-22(20-35-37-33(40)26-4-3-5-29(16-26)38(41)42)6-11-30(31)44-21-32(39)36-28-9-7-27(8-10-28)34-17-23-12-24(18-34)14-25(13-23)19-34/h3-11,15-16,20,23-25H,2,12-14,17-19,21H2,1H3,(H,36,39)(H,37,40)/b35-20+. The van der Waals surface area contributed by atoms with Crippen LogP contribution in [0.25, 0.3) is 0 Å². The first kappa shape index (κ1) is 29.3. The summed E-state index contributed by atoms with van der Waals surface area (Å²) in [7, 11) is 0. The molecular formula is C34H36N4O6. The van der Waals surface area contributed by atoms with Crippen molar-refractivity contribution in [2.45, 2.75) is 50.9 Å². The minimum Gasteiger partial charge on any atom is -0.490 e. The van der Waals surface area contributed by atoms with Gasteiger partial charge in [-0.2, -0.15) is 5.10 Å². The van der Waals surface area contributed by atoms with Gasteiger partial charge in [-0.3, -0.25) is 19.7 Å². The van der Waals surface area contributed by atoms with Crippen molar-refractivity contribution in [3.8, 4) is 11.5 Å². The number of nitro groups is 1. The second-order valence-corrected chi connectivity index (χ2v) is 12.3. The molecule has 0 radical (unpaired) electrons. The Morgan fingerprint density at radius 2 is 1.66 bits per heavy atom. The topological polar surface area (TPSA) is 132 Å². The van der Waals surface area contributed by atoms with E-state index in [2.05, 4.69) is 28.0 Å². The molecule has 4 aliphatic carbocycles. The molecular weight excluding hydrogens is 560 g/mol. The fourth-order valence-electron chi connectivity index (χ4n) is 7.69. The number of anilines is 1. The number of rotatable bonds is 11. The van der Waals surface area contributed by atoms with Crippen LogP contribution in [0.15, 0.2) is 71.8 Å². The Hall–Kier alpha value is -4.73. The maximum absolute atomic E-state index is 12.7. The third-order valence-electron chi connectivity index (χ3n) is 9.14. The predicted octanol–water partition coefficient (Wildman–Crippen LogP) is 6.24. The van der Waals surface area contributed by atoms with E-state index in [1.54, 1.807) is 18.2 Å². The number of nitrogens with one attached hydrogen (secondary N) is 2. The molecule has 0 atom stereocenters. The highest BCUT2D eigenvalue weighted by Crippen LogP contribution is 2.60. The largest absolute Gasteiger partial charge is 0.490 e. The van der Waals surface area contributed by atoms with Crippen molar-refractivity contribution in [3.63, 3.8) is 0 Å². The summed E-state index contributed by atoms with van der Waals surface area (Å²) in [6.45, 7) is 2.02. The van der Waals surface area contributed by atoms with Gasteiger partial charge in [-0.15, -0.1) is 0 Å². The van der Waals surface area contributed by atoms with Gasteiger partial charge in [0, 0.05) is 23.4 Å². The fourth-order valence-corrected chi connectivity index (χ4v) is 7.69. The van der Waals surface area contributed by atoms with E-state index in [1.165, 1.54) is 74.6 Å². The zero-order valence-corrected chi connectivity index (χ0v) is 24.7. The van der Waals surface area contributed by atoms with E-state index in [1.807, 2.05) is 19.1 Å². The maximum Gasteiger partial charge on any atom is 0.271 e. The second kappa shape index (κ2) is 12.5. The minimum absolute atomic E-state index is 0.118. The van der Waals surface area contributed by atoms with E-state index in [0.717, 1.165) is 23.4 Å². The number of ether oxygens (including phenoxy) is 2. The molecule has 3 aromatic carbocycles. The molecule has 4 fully saturated rings. The second-order valence-electron chi connectivity index (χ2n) is 12.3. The van der Waals surface area contributed by atoms with Crippen molar-refractivity contribution < 1.29 is 24.0 Å². The molecule has 7 rings (SSSR count). The number of hydrogen-bond donors (Lipinski definition) is 2. The zero-order valence-electron chi connectivity index (χ0n) is 24.7. The number of nitrogens with zero attached hydrogens (tertiary/aromatic N) is 2. The third-order valence-corrected chi connectivity index (χ3v) is 9.14. The van der Waals surface area contributed by atoms with Crippen molar-refractivity contribution in [2.24, 2.45) is 22.9 Å². The summed E-state index contributed by atoms with van der Waals surface area (Å²) < 4.78 is 11.5. The van der Waals surface area contributed by atoms with Gasteiger partial charge in [0.2, 0.25) is 0 Å². The smallest absolute Gasteiger partial charge is 0.271 e. The number of benzene rings is 3. The molecule has 0 aromatic heterocycles. The molecule has 0 heterocycles. The zero-order chi connectivity index (χ0) is 30.7. The SMILES string of the molecule is CCOc1cc(/C=N/NC(=O)c2cccc([N+](=O)[O-])c2)ccc1OCC(=O)Nc1ccc(C23CC4CC(CC(C4)C2)C3)cc1. The lowest BCUT2D eigenvalue weighted by Crippen LogP contribution is -2.48. The predicted molar refractivity (Wildman–Crippen MR) is 166 cm³/mol. The molecule has 10 heteroatoms. The number of hydrogen-bond acceptors (Lipinski definition) is 7. The summed E-state index contributed by atoms with van der Waals surface area (Å²) in [5.41, 5.74) is 5.40. The van der Waals surface area contributed by atoms with E-state index in [9.17, 15) is 19.7 Å². The Bertz CT molecular complexity index is 1550. The lowest BCUT2D eigenvalue weighted by Gasteiger charge is -2.57. The molecule has 44 heavy (non-hydrogen) atoms. The van der Waals surface area contributed by atoms with Gasteiger partial charge < -0.3 is 14.8 Å². The highest BCUT2D eigenvalue weighted by Gasteiger charge is 2.51. The number of non-ortho nitro benzene ring substituents is 1. The Kier molecular flexibility index (Phi) is 8.32. The van der Waals surface area contributed by atoms with Crippen LogP contribution in [0.3, 0.4) is 0 Å². The molecule has 0 unspecified atom stereocenters. The summed E-state index contributed by atoms with van der Waals surface area (Å²) in [6.07, 6.45) is 9.58. The molecule has 4 saturated carbocycles. The maximum atomic E-state index is 12.7. The lowest BCUT2D eigenvalue weighted by atomic mass is 9.48. The van der Waals surface area contributed by atoms with Crippen LogP contribution >= 0.6 is 0 Å². The number of carbonyl (C=O) groups excluding carboxylic acids is 2. The van der Waals surface area contributed by atoms with Crippen LogP contribution < -0.4 is 20.2 Å². The summed E-state index contributed by atoms with van der Waals surface area (Å²) in [5, 5.41) is 17.8. The van der Waals surface area contributed by atoms with Crippen molar-refractivity contribution in [3.05, 3.63) is 93.5 Å². The lowest BCUT2D eigenvalue weighted by molar-refractivity contribution is -0.384. The average Bonchev–Trinajstić information content (AvgIpc) is 3.00. The van der Waals surface area contributed by atoms with Crippen molar-refractivity contribution in [2.75, 3.05) is 18.5 Å². The first-order chi connectivity index (χ1) is 21.3.